The molecule has 0 spiro atoms. The van der Waals surface area contributed by atoms with Crippen LogP contribution in [0.2, 0.25) is 0 Å². The Hall–Kier alpha value is -1.40. The van der Waals surface area contributed by atoms with Crippen molar-refractivity contribution in [3.05, 3.63) is 12.2 Å². The fourth-order valence-electron chi connectivity index (χ4n) is 3.08. The molecule has 3 aliphatic rings. The number of fused-ring (bicyclic) bond motifs is 1. The summed E-state index contributed by atoms with van der Waals surface area (Å²) in [5, 5.41) is 0.350. The minimum absolute atomic E-state index is 0.00256. The fourth-order valence-corrected chi connectivity index (χ4v) is 3.36. The van der Waals surface area contributed by atoms with Gasteiger partial charge in [-0.15, -0.1) is 0 Å². The number of piperidine rings is 1. The summed E-state index contributed by atoms with van der Waals surface area (Å²) in [6, 6.07) is 0.588. The van der Waals surface area contributed by atoms with Crippen LogP contribution in [0.5, 0.6) is 0 Å². The van der Waals surface area contributed by atoms with Crippen LogP contribution < -0.4 is 0 Å². The van der Waals surface area contributed by atoms with Crippen molar-refractivity contribution in [2.24, 2.45) is 15.9 Å². The van der Waals surface area contributed by atoms with Crippen molar-refractivity contribution in [2.45, 2.75) is 32.2 Å². The Morgan fingerprint density at radius 2 is 2.24 bits per heavy atom. The molecule has 0 aromatic carbocycles. The van der Waals surface area contributed by atoms with Crippen LogP contribution >= 0.6 is 12.2 Å². The highest BCUT2D eigenvalue weighted by Crippen LogP contribution is 2.20. The second-order valence-corrected chi connectivity index (χ2v) is 6.13. The summed E-state index contributed by atoms with van der Waals surface area (Å²) < 4.78 is 0. The molecule has 2 atom stereocenters. The topological polar surface area (TPSA) is 48.3 Å². The zero-order valence-electron chi connectivity index (χ0n) is 12.2. The van der Waals surface area contributed by atoms with Crippen LogP contribution in [-0.4, -0.2) is 58.5 Å². The van der Waals surface area contributed by atoms with Crippen LogP contribution in [0.4, 0.5) is 0 Å². The summed E-state index contributed by atoms with van der Waals surface area (Å²) in [5.74, 6) is 0.165. The Kier molecular flexibility index (Phi) is 4.26. The molecule has 1 amide bonds. The highest BCUT2D eigenvalue weighted by molar-refractivity contribution is 7.80. The molecule has 6 heteroatoms. The van der Waals surface area contributed by atoms with E-state index in [1.807, 2.05) is 6.08 Å². The van der Waals surface area contributed by atoms with Crippen molar-refractivity contribution in [2.75, 3.05) is 19.6 Å². The van der Waals surface area contributed by atoms with E-state index >= 15 is 0 Å². The molecule has 0 N–H and O–H groups in total. The van der Waals surface area contributed by atoms with Crippen LogP contribution in [0.1, 0.15) is 26.2 Å². The number of rotatable bonds is 3. The molecule has 3 rings (SSSR count). The van der Waals surface area contributed by atoms with Gasteiger partial charge in [0.1, 0.15) is 11.8 Å². The predicted octanol–water partition coefficient (Wildman–Crippen LogP) is 1.64. The van der Waals surface area contributed by atoms with Gasteiger partial charge in [0, 0.05) is 25.3 Å². The third-order valence-electron chi connectivity index (χ3n) is 4.40. The van der Waals surface area contributed by atoms with Gasteiger partial charge in [0.15, 0.2) is 0 Å². The number of dihydropyridines is 1. The molecular formula is C15H20N4OS. The van der Waals surface area contributed by atoms with Gasteiger partial charge < -0.3 is 0 Å². The van der Waals surface area contributed by atoms with E-state index in [0.29, 0.717) is 23.5 Å². The number of amides is 1. The second kappa shape index (κ2) is 6.15. The van der Waals surface area contributed by atoms with E-state index in [1.165, 1.54) is 19.3 Å². The largest absolute Gasteiger partial charge is 0.299 e. The Bertz CT molecular complexity index is 540. The van der Waals surface area contributed by atoms with Gasteiger partial charge in [-0.1, -0.05) is 12.5 Å². The summed E-state index contributed by atoms with van der Waals surface area (Å²) in [7, 11) is 0. The SMILES string of the molecule is CC1CCCCN1CCN1C(=O)C2C=CC=NC2=NC1=S. The molecular weight excluding hydrogens is 284 g/mol. The van der Waals surface area contributed by atoms with Gasteiger partial charge in [-0.2, -0.15) is 0 Å². The molecule has 0 aromatic heterocycles. The zero-order chi connectivity index (χ0) is 14.8. The third kappa shape index (κ3) is 2.96. The molecule has 0 radical (unpaired) electrons. The average molecular weight is 304 g/mol. The Morgan fingerprint density at radius 3 is 3.05 bits per heavy atom. The van der Waals surface area contributed by atoms with Gasteiger partial charge in [0.05, 0.1) is 0 Å². The van der Waals surface area contributed by atoms with Crippen molar-refractivity contribution in [1.29, 1.82) is 0 Å². The lowest BCUT2D eigenvalue weighted by atomic mass is 10.0. The van der Waals surface area contributed by atoms with E-state index in [4.69, 9.17) is 12.2 Å². The summed E-state index contributed by atoms with van der Waals surface area (Å²) >= 11 is 5.27. The first-order chi connectivity index (χ1) is 10.2. The number of hydrogen-bond acceptors (Lipinski definition) is 4. The minimum atomic E-state index is -0.361. The average Bonchev–Trinajstić information content (AvgIpc) is 2.49. The molecule has 0 bridgehead atoms. The first-order valence-electron chi connectivity index (χ1n) is 7.55. The van der Waals surface area contributed by atoms with Crippen molar-refractivity contribution in [3.63, 3.8) is 0 Å². The molecule has 0 saturated carbocycles. The Balaban J connectivity index is 1.67. The molecule has 1 saturated heterocycles. The van der Waals surface area contributed by atoms with Gasteiger partial charge in [-0.05, 0) is 44.6 Å². The zero-order valence-corrected chi connectivity index (χ0v) is 13.1. The molecule has 0 aliphatic carbocycles. The van der Waals surface area contributed by atoms with Crippen molar-refractivity contribution < 1.29 is 4.79 Å². The Labute approximate surface area is 130 Å². The monoisotopic (exact) mass is 304 g/mol. The molecule has 0 aromatic rings. The number of carbonyl (C=O) groups is 1. The summed E-state index contributed by atoms with van der Waals surface area (Å²) in [6.07, 6.45) is 9.06. The molecule has 3 aliphatic heterocycles. The lowest BCUT2D eigenvalue weighted by Gasteiger charge is -2.36. The van der Waals surface area contributed by atoms with Gasteiger partial charge in [0.2, 0.25) is 11.0 Å². The molecule has 21 heavy (non-hydrogen) atoms. The summed E-state index contributed by atoms with van der Waals surface area (Å²) in [4.78, 5) is 25.1. The molecule has 2 unspecified atom stereocenters. The van der Waals surface area contributed by atoms with Gasteiger partial charge in [0.25, 0.3) is 0 Å². The van der Waals surface area contributed by atoms with Crippen molar-refractivity contribution >= 4 is 35.3 Å². The standard InChI is InChI=1S/C15H20N4OS/c1-11-5-2-3-8-18(11)9-10-19-14(20)12-6-4-7-16-13(12)17-15(19)21/h4,6-7,11-12H,2-3,5,8-10H2,1H3. The molecule has 1 fully saturated rings. The fraction of sp³-hybridized carbons (Fsp3) is 0.600. The molecule has 3 heterocycles. The first-order valence-corrected chi connectivity index (χ1v) is 7.96. The smallest absolute Gasteiger partial charge is 0.243 e. The number of thiocarbonyl (C=S) groups is 1. The molecule has 5 nitrogen and oxygen atoms in total. The maximum absolute atomic E-state index is 12.5. The number of carbonyl (C=O) groups excluding carboxylic acids is 1. The van der Waals surface area contributed by atoms with E-state index in [9.17, 15) is 4.79 Å². The minimum Gasteiger partial charge on any atom is -0.299 e. The van der Waals surface area contributed by atoms with Gasteiger partial charge >= 0.3 is 0 Å². The number of nitrogens with zero attached hydrogens (tertiary/aromatic N) is 4. The number of allylic oxidation sites excluding steroid dienone is 1. The van der Waals surface area contributed by atoms with Crippen LogP contribution in [-0.2, 0) is 4.79 Å². The van der Waals surface area contributed by atoms with E-state index in [2.05, 4.69) is 21.8 Å². The Morgan fingerprint density at radius 1 is 1.38 bits per heavy atom. The highest BCUT2D eigenvalue weighted by Gasteiger charge is 2.34. The maximum Gasteiger partial charge on any atom is 0.243 e. The van der Waals surface area contributed by atoms with Crippen LogP contribution in [0.3, 0.4) is 0 Å². The number of likely N-dealkylation sites (tertiary alicyclic amines) is 1. The van der Waals surface area contributed by atoms with Gasteiger partial charge in [-0.25, -0.2) is 9.98 Å². The lowest BCUT2D eigenvalue weighted by molar-refractivity contribution is -0.128. The normalized spacial score (nSPS) is 29.6. The second-order valence-electron chi connectivity index (χ2n) is 5.76. The van der Waals surface area contributed by atoms with Crippen LogP contribution in [0, 0.1) is 5.92 Å². The van der Waals surface area contributed by atoms with E-state index in [0.717, 1.165) is 13.1 Å². The quantitative estimate of drug-likeness (QED) is 0.745. The van der Waals surface area contributed by atoms with E-state index < -0.39 is 0 Å². The number of amidine groups is 1. The van der Waals surface area contributed by atoms with E-state index in [-0.39, 0.29) is 11.8 Å². The van der Waals surface area contributed by atoms with Crippen molar-refractivity contribution in [1.82, 2.24) is 9.80 Å². The van der Waals surface area contributed by atoms with Crippen LogP contribution in [0.15, 0.2) is 22.1 Å². The summed E-state index contributed by atoms with van der Waals surface area (Å²) in [5.41, 5.74) is 0. The number of aliphatic imine (C=N–C) groups is 2. The lowest BCUT2D eigenvalue weighted by Crippen LogP contribution is -2.50. The maximum atomic E-state index is 12.5. The first kappa shape index (κ1) is 14.5. The number of hydrogen-bond donors (Lipinski definition) is 0. The van der Waals surface area contributed by atoms with E-state index in [1.54, 1.807) is 17.2 Å². The summed E-state index contributed by atoms with van der Waals surface area (Å²) in [6.45, 7) is 4.84. The highest BCUT2D eigenvalue weighted by atomic mass is 32.1. The third-order valence-corrected chi connectivity index (χ3v) is 4.71. The van der Waals surface area contributed by atoms with Gasteiger partial charge in [-0.3, -0.25) is 14.6 Å². The van der Waals surface area contributed by atoms with Crippen molar-refractivity contribution in [3.8, 4) is 0 Å². The van der Waals surface area contributed by atoms with Crippen LogP contribution in [0.25, 0.3) is 0 Å². The predicted molar refractivity (Wildman–Crippen MR) is 87.8 cm³/mol. The molecule has 112 valence electrons.